The predicted octanol–water partition coefficient (Wildman–Crippen LogP) is 3.42. The monoisotopic (exact) mass is 451 g/mol. The molecule has 0 aliphatic carbocycles. The Morgan fingerprint density at radius 3 is 2.27 bits per heavy atom. The lowest BCUT2D eigenvalue weighted by molar-refractivity contribution is -0.125. The number of piperidine rings is 2. The molecule has 0 bridgehead atoms. The standard InChI is InChI=1S/C26H37N5O2/c1-3-12-31-25(32)17-24(19-28-31)30-15-10-22(11-16-30)26(33)27-18-21-4-6-23(7-5-21)29-13-8-20(2)9-14-29/h4-7,17,19-20,22H,3,8-16,18H2,1-2H3,(H,27,33). The summed E-state index contributed by atoms with van der Waals surface area (Å²) in [4.78, 5) is 29.5. The SMILES string of the molecule is CCCn1ncc(N2CCC(C(=O)NCc3ccc(N4CCC(C)CC4)cc3)CC2)cc1=O. The summed E-state index contributed by atoms with van der Waals surface area (Å²) in [5.74, 6) is 0.971. The molecule has 1 amide bonds. The summed E-state index contributed by atoms with van der Waals surface area (Å²) in [5.41, 5.74) is 3.21. The third kappa shape index (κ3) is 5.95. The van der Waals surface area contributed by atoms with Crippen molar-refractivity contribution in [2.24, 2.45) is 11.8 Å². The molecule has 0 radical (unpaired) electrons. The smallest absolute Gasteiger partial charge is 0.268 e. The maximum atomic E-state index is 12.7. The van der Waals surface area contributed by atoms with Gasteiger partial charge in [0.2, 0.25) is 5.91 Å². The van der Waals surface area contributed by atoms with Gasteiger partial charge in [0.05, 0.1) is 11.9 Å². The van der Waals surface area contributed by atoms with Crippen LogP contribution in [0, 0.1) is 11.8 Å². The van der Waals surface area contributed by atoms with Crippen LogP contribution in [0.4, 0.5) is 11.4 Å². The van der Waals surface area contributed by atoms with Crippen LogP contribution in [0.15, 0.2) is 41.3 Å². The molecule has 0 atom stereocenters. The molecule has 178 valence electrons. The van der Waals surface area contributed by atoms with Gasteiger partial charge in [-0.1, -0.05) is 26.0 Å². The van der Waals surface area contributed by atoms with Gasteiger partial charge in [0.25, 0.3) is 5.56 Å². The van der Waals surface area contributed by atoms with Crippen molar-refractivity contribution < 1.29 is 4.79 Å². The minimum atomic E-state index is -0.0601. The Hall–Kier alpha value is -2.83. The van der Waals surface area contributed by atoms with E-state index < -0.39 is 0 Å². The fourth-order valence-electron chi connectivity index (χ4n) is 4.80. The Labute approximate surface area is 196 Å². The fourth-order valence-corrected chi connectivity index (χ4v) is 4.80. The van der Waals surface area contributed by atoms with Crippen LogP contribution in [0.1, 0.15) is 51.5 Å². The summed E-state index contributed by atoms with van der Waals surface area (Å²) < 4.78 is 1.50. The van der Waals surface area contributed by atoms with Crippen molar-refractivity contribution in [1.29, 1.82) is 0 Å². The largest absolute Gasteiger partial charge is 0.372 e. The molecule has 0 spiro atoms. The van der Waals surface area contributed by atoms with Gasteiger partial charge in [-0.2, -0.15) is 5.10 Å². The lowest BCUT2D eigenvalue weighted by Gasteiger charge is -2.33. The van der Waals surface area contributed by atoms with Crippen LogP contribution in [0.3, 0.4) is 0 Å². The Kier molecular flexibility index (Phi) is 7.68. The summed E-state index contributed by atoms with van der Waals surface area (Å²) >= 11 is 0. The van der Waals surface area contributed by atoms with E-state index in [1.807, 2.05) is 6.92 Å². The van der Waals surface area contributed by atoms with E-state index in [0.29, 0.717) is 13.1 Å². The molecule has 2 saturated heterocycles. The summed E-state index contributed by atoms with van der Waals surface area (Å²) in [5, 5.41) is 7.40. The van der Waals surface area contributed by atoms with Gasteiger partial charge < -0.3 is 15.1 Å². The summed E-state index contributed by atoms with van der Waals surface area (Å²) in [6, 6.07) is 10.3. The number of aromatic nitrogens is 2. The second kappa shape index (κ2) is 10.9. The van der Waals surface area contributed by atoms with Crippen LogP contribution < -0.4 is 20.7 Å². The van der Waals surface area contributed by atoms with Crippen molar-refractivity contribution in [3.05, 3.63) is 52.4 Å². The predicted molar refractivity (Wildman–Crippen MR) is 133 cm³/mol. The zero-order valence-corrected chi connectivity index (χ0v) is 20.0. The highest BCUT2D eigenvalue weighted by Gasteiger charge is 2.25. The molecule has 7 heteroatoms. The van der Waals surface area contributed by atoms with Gasteiger partial charge in [0, 0.05) is 56.9 Å². The van der Waals surface area contributed by atoms with E-state index in [0.717, 1.165) is 62.6 Å². The molecule has 2 aliphatic heterocycles. The number of carbonyl (C=O) groups excluding carboxylic acids is 1. The Bertz CT molecular complexity index is 971. The first-order valence-electron chi connectivity index (χ1n) is 12.5. The number of rotatable bonds is 7. The molecule has 4 rings (SSSR count). The summed E-state index contributed by atoms with van der Waals surface area (Å²) in [6.45, 7) is 9.35. The van der Waals surface area contributed by atoms with Crippen LogP contribution >= 0.6 is 0 Å². The minimum absolute atomic E-state index is 0.0179. The Morgan fingerprint density at radius 2 is 1.64 bits per heavy atom. The normalized spacial score (nSPS) is 17.9. The molecule has 1 aromatic heterocycles. The van der Waals surface area contributed by atoms with Crippen molar-refractivity contribution in [2.75, 3.05) is 36.0 Å². The van der Waals surface area contributed by atoms with Gasteiger partial charge in [-0.3, -0.25) is 9.59 Å². The molecule has 1 N–H and O–H groups in total. The number of aryl methyl sites for hydroxylation is 1. The Balaban J connectivity index is 1.23. The average Bonchev–Trinajstić information content (AvgIpc) is 2.85. The highest BCUT2D eigenvalue weighted by Crippen LogP contribution is 2.24. The van der Waals surface area contributed by atoms with E-state index in [-0.39, 0.29) is 17.4 Å². The van der Waals surface area contributed by atoms with E-state index in [2.05, 4.69) is 51.4 Å². The number of nitrogens with zero attached hydrogens (tertiary/aromatic N) is 4. The minimum Gasteiger partial charge on any atom is -0.372 e. The zero-order chi connectivity index (χ0) is 23.2. The van der Waals surface area contributed by atoms with Gasteiger partial charge in [-0.05, 0) is 55.7 Å². The fraction of sp³-hybridized carbons (Fsp3) is 0.577. The number of benzene rings is 1. The second-order valence-electron chi connectivity index (χ2n) is 9.59. The molecule has 3 heterocycles. The number of nitrogens with one attached hydrogen (secondary N) is 1. The molecule has 0 saturated carbocycles. The van der Waals surface area contributed by atoms with Crippen LogP contribution in [-0.4, -0.2) is 41.9 Å². The number of amides is 1. The van der Waals surface area contributed by atoms with Crippen molar-refractivity contribution in [3.8, 4) is 0 Å². The molecule has 2 fully saturated rings. The number of hydrogen-bond acceptors (Lipinski definition) is 5. The van der Waals surface area contributed by atoms with Gasteiger partial charge in [0.1, 0.15) is 0 Å². The first-order valence-corrected chi connectivity index (χ1v) is 12.5. The van der Waals surface area contributed by atoms with E-state index in [1.54, 1.807) is 12.3 Å². The molecule has 0 unspecified atom stereocenters. The lowest BCUT2D eigenvalue weighted by Crippen LogP contribution is -2.41. The molecule has 2 aliphatic rings. The third-order valence-corrected chi connectivity index (χ3v) is 7.07. The van der Waals surface area contributed by atoms with Crippen molar-refractivity contribution in [3.63, 3.8) is 0 Å². The number of hydrogen-bond donors (Lipinski definition) is 1. The van der Waals surface area contributed by atoms with E-state index in [4.69, 9.17) is 0 Å². The molecule has 1 aromatic carbocycles. The maximum Gasteiger partial charge on any atom is 0.268 e. The van der Waals surface area contributed by atoms with Crippen molar-refractivity contribution >= 4 is 17.3 Å². The van der Waals surface area contributed by atoms with E-state index >= 15 is 0 Å². The average molecular weight is 452 g/mol. The van der Waals surface area contributed by atoms with Crippen LogP contribution in [0.25, 0.3) is 0 Å². The highest BCUT2D eigenvalue weighted by molar-refractivity contribution is 5.79. The number of anilines is 2. The highest BCUT2D eigenvalue weighted by atomic mass is 16.2. The van der Waals surface area contributed by atoms with Crippen molar-refractivity contribution in [1.82, 2.24) is 15.1 Å². The third-order valence-electron chi connectivity index (χ3n) is 7.07. The Morgan fingerprint density at radius 1 is 1.00 bits per heavy atom. The molecule has 33 heavy (non-hydrogen) atoms. The van der Waals surface area contributed by atoms with Gasteiger partial charge in [0.15, 0.2) is 0 Å². The van der Waals surface area contributed by atoms with Crippen LogP contribution in [0.5, 0.6) is 0 Å². The molecular formula is C26H37N5O2. The van der Waals surface area contributed by atoms with Gasteiger partial charge in [-0.15, -0.1) is 0 Å². The first kappa shape index (κ1) is 23.3. The first-order chi connectivity index (χ1) is 16.0. The summed E-state index contributed by atoms with van der Waals surface area (Å²) in [7, 11) is 0. The maximum absolute atomic E-state index is 12.7. The molecule has 7 nitrogen and oxygen atoms in total. The van der Waals surface area contributed by atoms with Gasteiger partial charge in [-0.25, -0.2) is 4.68 Å². The second-order valence-corrected chi connectivity index (χ2v) is 9.59. The van der Waals surface area contributed by atoms with Crippen LogP contribution in [-0.2, 0) is 17.9 Å². The van der Waals surface area contributed by atoms with E-state index in [1.165, 1.54) is 23.2 Å². The quantitative estimate of drug-likeness (QED) is 0.699. The lowest BCUT2D eigenvalue weighted by atomic mass is 9.95. The summed E-state index contributed by atoms with van der Waals surface area (Å²) in [6.07, 6.45) is 6.75. The van der Waals surface area contributed by atoms with Crippen LogP contribution in [0.2, 0.25) is 0 Å². The zero-order valence-electron chi connectivity index (χ0n) is 20.0. The number of carbonyl (C=O) groups is 1. The van der Waals surface area contributed by atoms with Gasteiger partial charge >= 0.3 is 0 Å². The topological polar surface area (TPSA) is 70.5 Å². The molecule has 2 aromatic rings. The molecular weight excluding hydrogens is 414 g/mol. The van der Waals surface area contributed by atoms with E-state index in [9.17, 15) is 9.59 Å². The van der Waals surface area contributed by atoms with Crippen molar-refractivity contribution in [2.45, 2.75) is 59.0 Å².